The van der Waals surface area contributed by atoms with Crippen molar-refractivity contribution < 1.29 is 26.5 Å². The Morgan fingerprint density at radius 2 is 1.33 bits per heavy atom. The molecule has 4 nitrogen and oxygen atoms in total. The van der Waals surface area contributed by atoms with Gasteiger partial charge in [0.25, 0.3) is 0 Å². The Morgan fingerprint density at radius 3 is 1.83 bits per heavy atom. The number of rotatable bonds is 10. The topological polar surface area (TPSA) is 63.6 Å². The fourth-order valence-corrected chi connectivity index (χ4v) is 6.21. The zero-order valence-electron chi connectivity index (χ0n) is 20.9. The van der Waals surface area contributed by atoms with Crippen molar-refractivity contribution in [2.75, 3.05) is 6.61 Å². The summed E-state index contributed by atoms with van der Waals surface area (Å²) in [5.41, 5.74) is 4.86. The van der Waals surface area contributed by atoms with Crippen molar-refractivity contribution in [1.82, 2.24) is 0 Å². The van der Waals surface area contributed by atoms with Crippen molar-refractivity contribution >= 4 is 10.1 Å². The fraction of sp³-hybridized carbons (Fsp3) is 0.586. The molecule has 0 radical (unpaired) electrons. The molecule has 2 aliphatic carbocycles. The van der Waals surface area contributed by atoms with Crippen molar-refractivity contribution in [2.24, 2.45) is 0 Å². The maximum absolute atomic E-state index is 13.6. The van der Waals surface area contributed by atoms with Crippen LogP contribution in [0.2, 0.25) is 0 Å². The first-order valence-electron chi connectivity index (χ1n) is 13.5. The summed E-state index contributed by atoms with van der Waals surface area (Å²) in [4.78, 5) is 0. The van der Waals surface area contributed by atoms with E-state index in [9.17, 15) is 17.2 Å². The molecule has 2 fully saturated rings. The third-order valence-electron chi connectivity index (χ3n) is 7.83. The van der Waals surface area contributed by atoms with Crippen LogP contribution in [0.25, 0.3) is 11.1 Å². The summed E-state index contributed by atoms with van der Waals surface area (Å²) >= 11 is 0. The second kappa shape index (κ2) is 12.0. The predicted molar refractivity (Wildman–Crippen MR) is 139 cm³/mol. The standard InChI is InChI=1S/C29H38F2O4S/c30-29(31,36(32,33)34)18-10-11-19-35-28-26(23-14-6-2-7-15-23)20-25(22-12-4-1-5-13-22)21-27(28)24-16-8-3-9-17-24/h1,4-5,12-13,20-21,23-24H,2-3,6-11,14-19H2,(H,32,33,34). The Bertz CT molecular complexity index is 1050. The highest BCUT2D eigenvalue weighted by Crippen LogP contribution is 2.46. The lowest BCUT2D eigenvalue weighted by atomic mass is 9.77. The molecule has 0 amide bonds. The highest BCUT2D eigenvalue weighted by Gasteiger charge is 2.43. The molecule has 198 valence electrons. The molecule has 4 rings (SSSR count). The maximum Gasteiger partial charge on any atom is 0.370 e. The van der Waals surface area contributed by atoms with E-state index in [1.807, 2.05) is 6.07 Å². The summed E-state index contributed by atoms with van der Waals surface area (Å²) in [5.74, 6) is 1.77. The van der Waals surface area contributed by atoms with Gasteiger partial charge in [-0.1, -0.05) is 68.9 Å². The van der Waals surface area contributed by atoms with Gasteiger partial charge in [0, 0.05) is 6.42 Å². The van der Waals surface area contributed by atoms with Gasteiger partial charge in [0.05, 0.1) is 6.61 Å². The van der Waals surface area contributed by atoms with E-state index in [0.29, 0.717) is 18.3 Å². The monoisotopic (exact) mass is 520 g/mol. The van der Waals surface area contributed by atoms with E-state index >= 15 is 0 Å². The molecule has 2 saturated carbocycles. The molecule has 2 aliphatic rings. The lowest BCUT2D eigenvalue weighted by Crippen LogP contribution is -2.28. The lowest BCUT2D eigenvalue weighted by Gasteiger charge is -2.30. The van der Waals surface area contributed by atoms with Gasteiger partial charge >= 0.3 is 15.4 Å². The van der Waals surface area contributed by atoms with Gasteiger partial charge in [-0.3, -0.25) is 4.55 Å². The van der Waals surface area contributed by atoms with E-state index in [0.717, 1.165) is 31.4 Å². The van der Waals surface area contributed by atoms with Gasteiger partial charge in [-0.2, -0.15) is 17.2 Å². The number of halogens is 2. The summed E-state index contributed by atoms with van der Waals surface area (Å²) in [6, 6.07) is 15.0. The van der Waals surface area contributed by atoms with Gasteiger partial charge in [0.1, 0.15) is 5.75 Å². The van der Waals surface area contributed by atoms with Crippen LogP contribution in [0.5, 0.6) is 5.75 Å². The Kier molecular flexibility index (Phi) is 9.05. The molecule has 2 aromatic carbocycles. The molecule has 0 bridgehead atoms. The van der Waals surface area contributed by atoms with E-state index in [4.69, 9.17) is 9.29 Å². The first-order valence-corrected chi connectivity index (χ1v) is 14.9. The number of hydrogen-bond acceptors (Lipinski definition) is 3. The second-order valence-corrected chi connectivity index (χ2v) is 12.0. The Hall–Kier alpha value is -1.99. The van der Waals surface area contributed by atoms with Gasteiger partial charge in [0.2, 0.25) is 0 Å². The van der Waals surface area contributed by atoms with Crippen molar-refractivity contribution in [3.8, 4) is 16.9 Å². The van der Waals surface area contributed by atoms with Crippen molar-refractivity contribution in [3.63, 3.8) is 0 Å². The molecule has 0 aromatic heterocycles. The van der Waals surface area contributed by atoms with E-state index < -0.39 is 21.8 Å². The van der Waals surface area contributed by atoms with Crippen molar-refractivity contribution in [2.45, 2.75) is 101 Å². The molecule has 0 atom stereocenters. The number of unbranched alkanes of at least 4 members (excludes halogenated alkanes) is 1. The second-order valence-electron chi connectivity index (χ2n) is 10.4. The maximum atomic E-state index is 13.6. The third-order valence-corrected chi connectivity index (χ3v) is 8.79. The molecular weight excluding hydrogens is 482 g/mol. The molecule has 0 aliphatic heterocycles. The number of alkyl halides is 2. The first-order chi connectivity index (χ1) is 17.3. The average molecular weight is 521 g/mol. The van der Waals surface area contributed by atoms with Crippen LogP contribution < -0.4 is 4.74 Å². The summed E-state index contributed by atoms with van der Waals surface area (Å²) < 4.78 is 64.2. The van der Waals surface area contributed by atoms with Crippen molar-refractivity contribution in [1.29, 1.82) is 0 Å². The molecule has 0 spiro atoms. The minimum absolute atomic E-state index is 0.0492. The van der Waals surface area contributed by atoms with Crippen LogP contribution in [0.1, 0.15) is 106 Å². The van der Waals surface area contributed by atoms with Gasteiger partial charge in [-0.25, -0.2) is 0 Å². The average Bonchev–Trinajstić information content (AvgIpc) is 2.89. The SMILES string of the molecule is O=S(=O)(O)C(F)(F)CCCCOc1c(C2CCCCC2)cc(-c2ccccc2)cc1C1CCCCC1. The van der Waals surface area contributed by atoms with E-state index in [1.165, 1.54) is 60.8 Å². The molecule has 1 N–H and O–H groups in total. The first kappa shape index (κ1) is 27.1. The number of benzene rings is 2. The lowest BCUT2D eigenvalue weighted by molar-refractivity contribution is 0.0672. The minimum Gasteiger partial charge on any atom is -0.493 e. The summed E-state index contributed by atoms with van der Waals surface area (Å²) in [6.45, 7) is 0.242. The quantitative estimate of drug-likeness (QED) is 0.252. The third kappa shape index (κ3) is 6.65. The fourth-order valence-electron chi connectivity index (χ4n) is 5.81. The summed E-state index contributed by atoms with van der Waals surface area (Å²) in [5, 5.41) is -4.12. The molecular formula is C29H38F2O4S. The van der Waals surface area contributed by atoms with Gasteiger partial charge < -0.3 is 4.74 Å². The molecule has 0 heterocycles. The Morgan fingerprint density at radius 1 is 0.806 bits per heavy atom. The number of hydrogen-bond donors (Lipinski definition) is 1. The smallest absolute Gasteiger partial charge is 0.370 e. The van der Waals surface area contributed by atoms with E-state index in [1.54, 1.807) is 0 Å². The van der Waals surface area contributed by atoms with E-state index in [2.05, 4.69) is 36.4 Å². The van der Waals surface area contributed by atoms with Crippen LogP contribution >= 0.6 is 0 Å². The highest BCUT2D eigenvalue weighted by molar-refractivity contribution is 7.86. The molecule has 0 unspecified atom stereocenters. The molecule has 2 aromatic rings. The van der Waals surface area contributed by atoms with Crippen LogP contribution in [-0.4, -0.2) is 24.8 Å². The summed E-state index contributed by atoms with van der Waals surface area (Å²) in [7, 11) is -5.39. The van der Waals surface area contributed by atoms with Crippen LogP contribution in [-0.2, 0) is 10.1 Å². The minimum atomic E-state index is -5.39. The molecule has 7 heteroatoms. The van der Waals surface area contributed by atoms with Gasteiger partial charge in [-0.05, 0) is 84.7 Å². The van der Waals surface area contributed by atoms with Crippen LogP contribution in [0.4, 0.5) is 8.78 Å². The van der Waals surface area contributed by atoms with Crippen LogP contribution in [0.15, 0.2) is 42.5 Å². The molecule has 36 heavy (non-hydrogen) atoms. The molecule has 0 saturated heterocycles. The van der Waals surface area contributed by atoms with Crippen LogP contribution in [0, 0.1) is 0 Å². The van der Waals surface area contributed by atoms with Crippen molar-refractivity contribution in [3.05, 3.63) is 53.6 Å². The predicted octanol–water partition coefficient (Wildman–Crippen LogP) is 8.48. The van der Waals surface area contributed by atoms with Gasteiger partial charge in [0.15, 0.2) is 0 Å². The Balaban J connectivity index is 1.62. The normalized spacial score (nSPS) is 18.3. The Labute approximate surface area is 214 Å². The zero-order chi connectivity index (χ0) is 25.6. The van der Waals surface area contributed by atoms with Gasteiger partial charge in [-0.15, -0.1) is 0 Å². The summed E-state index contributed by atoms with van der Waals surface area (Å²) in [6.07, 6.45) is 11.1. The number of ether oxygens (including phenoxy) is 1. The van der Waals surface area contributed by atoms with Crippen LogP contribution in [0.3, 0.4) is 0 Å². The highest BCUT2D eigenvalue weighted by atomic mass is 32.2. The van der Waals surface area contributed by atoms with E-state index in [-0.39, 0.29) is 13.0 Å². The largest absolute Gasteiger partial charge is 0.493 e. The zero-order valence-corrected chi connectivity index (χ0v) is 21.7.